The lowest BCUT2D eigenvalue weighted by Gasteiger charge is -1.96. The Bertz CT molecular complexity index is 473. The van der Waals surface area contributed by atoms with Crippen LogP contribution in [0.3, 0.4) is 0 Å². The zero-order valence-electron chi connectivity index (χ0n) is 7.24. The number of thiazole rings is 1. The number of aromatic nitrogens is 3. The number of alkyl halides is 1. The van der Waals surface area contributed by atoms with Gasteiger partial charge < -0.3 is 9.55 Å². The Morgan fingerprint density at radius 2 is 2.50 bits per heavy atom. The van der Waals surface area contributed by atoms with Gasteiger partial charge >= 0.3 is 4.87 Å². The molecule has 0 fully saturated rings. The van der Waals surface area contributed by atoms with Crippen LogP contribution < -0.4 is 4.87 Å². The van der Waals surface area contributed by atoms with Crippen molar-refractivity contribution in [3.8, 4) is 0 Å². The minimum Gasteiger partial charge on any atom is -0.331 e. The first-order valence-electron chi connectivity index (χ1n) is 4.01. The first-order valence-corrected chi connectivity index (χ1v) is 5.42. The predicted molar refractivity (Wildman–Crippen MR) is 55.8 cm³/mol. The summed E-state index contributed by atoms with van der Waals surface area (Å²) in [4.78, 5) is 17.6. The molecule has 4 nitrogen and oxygen atoms in total. The Morgan fingerprint density at radius 1 is 1.64 bits per heavy atom. The van der Waals surface area contributed by atoms with Crippen molar-refractivity contribution in [2.75, 3.05) is 0 Å². The largest absolute Gasteiger partial charge is 0.331 e. The van der Waals surface area contributed by atoms with Crippen LogP contribution in [0, 0.1) is 0 Å². The Kier molecular flexibility index (Phi) is 2.69. The number of halogens is 1. The number of aromatic amines is 1. The van der Waals surface area contributed by atoms with Gasteiger partial charge in [-0.05, 0) is 0 Å². The fraction of sp³-hybridized carbons (Fsp3) is 0.250. The van der Waals surface area contributed by atoms with Crippen molar-refractivity contribution in [2.24, 2.45) is 0 Å². The van der Waals surface area contributed by atoms with E-state index in [9.17, 15) is 4.79 Å². The van der Waals surface area contributed by atoms with Gasteiger partial charge in [0.05, 0.1) is 24.4 Å². The number of imidazole rings is 1. The van der Waals surface area contributed by atoms with Crippen LogP contribution in [-0.4, -0.2) is 14.5 Å². The average Bonchev–Trinajstić information content (AvgIpc) is 2.76. The van der Waals surface area contributed by atoms with Crippen LogP contribution in [0.5, 0.6) is 0 Å². The number of nitrogens with one attached hydrogen (secondary N) is 1. The van der Waals surface area contributed by atoms with Crippen molar-refractivity contribution in [3.05, 3.63) is 39.0 Å². The first-order chi connectivity index (χ1) is 6.78. The van der Waals surface area contributed by atoms with Gasteiger partial charge in [0.25, 0.3) is 0 Å². The number of rotatable bonds is 3. The maximum atomic E-state index is 10.9. The Morgan fingerprint density at radius 3 is 3.07 bits per heavy atom. The van der Waals surface area contributed by atoms with E-state index in [0.29, 0.717) is 12.4 Å². The van der Waals surface area contributed by atoms with Gasteiger partial charge in [-0.2, -0.15) is 0 Å². The van der Waals surface area contributed by atoms with Crippen LogP contribution in [0.2, 0.25) is 0 Å². The summed E-state index contributed by atoms with van der Waals surface area (Å²) < 4.78 is 1.88. The molecule has 1 N–H and O–H groups in total. The fourth-order valence-electron chi connectivity index (χ4n) is 1.15. The van der Waals surface area contributed by atoms with E-state index >= 15 is 0 Å². The lowest BCUT2D eigenvalue weighted by molar-refractivity contribution is 0.776. The summed E-state index contributed by atoms with van der Waals surface area (Å²) in [7, 11) is 0. The second-order valence-corrected chi connectivity index (χ2v) is 3.95. The molecule has 0 aromatic carbocycles. The summed E-state index contributed by atoms with van der Waals surface area (Å²) in [5.41, 5.74) is 1.72. The lowest BCUT2D eigenvalue weighted by atomic mass is 10.5. The van der Waals surface area contributed by atoms with Gasteiger partial charge in [-0.15, -0.1) is 11.6 Å². The van der Waals surface area contributed by atoms with Gasteiger partial charge in [-0.1, -0.05) is 11.3 Å². The summed E-state index contributed by atoms with van der Waals surface area (Å²) in [6, 6.07) is 0. The quantitative estimate of drug-likeness (QED) is 0.810. The highest BCUT2D eigenvalue weighted by molar-refractivity contribution is 7.07. The summed E-state index contributed by atoms with van der Waals surface area (Å²) >= 11 is 6.78. The summed E-state index contributed by atoms with van der Waals surface area (Å²) in [6.07, 6.45) is 3.57. The molecule has 0 saturated heterocycles. The average molecular weight is 230 g/mol. The van der Waals surface area contributed by atoms with Crippen molar-refractivity contribution < 1.29 is 0 Å². The van der Waals surface area contributed by atoms with Crippen LogP contribution in [0.15, 0.2) is 22.7 Å². The molecule has 2 aromatic rings. The van der Waals surface area contributed by atoms with E-state index in [1.807, 2.05) is 16.1 Å². The molecular weight excluding hydrogens is 222 g/mol. The van der Waals surface area contributed by atoms with Gasteiger partial charge in [0, 0.05) is 17.3 Å². The van der Waals surface area contributed by atoms with Gasteiger partial charge in [0.2, 0.25) is 0 Å². The highest BCUT2D eigenvalue weighted by atomic mass is 35.5. The molecule has 2 heterocycles. The summed E-state index contributed by atoms with van der Waals surface area (Å²) in [5, 5.41) is 1.81. The Hall–Kier alpha value is -1.07. The highest BCUT2D eigenvalue weighted by Gasteiger charge is 2.00. The molecule has 0 radical (unpaired) electrons. The number of H-pyrrole nitrogens is 1. The second kappa shape index (κ2) is 3.98. The predicted octanol–water partition coefficient (Wildman–Crippen LogP) is 1.42. The molecular formula is C8H8ClN3OS. The van der Waals surface area contributed by atoms with E-state index in [1.54, 1.807) is 6.33 Å². The van der Waals surface area contributed by atoms with E-state index in [0.717, 1.165) is 11.4 Å². The van der Waals surface area contributed by atoms with Gasteiger partial charge in [0.1, 0.15) is 0 Å². The van der Waals surface area contributed by atoms with E-state index in [1.165, 1.54) is 11.3 Å². The topological polar surface area (TPSA) is 50.7 Å². The van der Waals surface area contributed by atoms with Crippen LogP contribution in [-0.2, 0) is 12.4 Å². The highest BCUT2D eigenvalue weighted by Crippen LogP contribution is 2.03. The third kappa shape index (κ3) is 2.05. The molecule has 0 amide bonds. The van der Waals surface area contributed by atoms with Crippen molar-refractivity contribution in [3.63, 3.8) is 0 Å². The SMILES string of the molecule is O=c1[nH]c(Cn2cnc(CCl)c2)cs1. The molecule has 0 atom stereocenters. The fourth-order valence-corrected chi connectivity index (χ4v) is 1.86. The monoisotopic (exact) mass is 229 g/mol. The van der Waals surface area contributed by atoms with Crippen LogP contribution in [0.4, 0.5) is 0 Å². The van der Waals surface area contributed by atoms with Crippen molar-refractivity contribution in [1.82, 2.24) is 14.5 Å². The molecule has 2 rings (SSSR count). The van der Waals surface area contributed by atoms with Crippen LogP contribution in [0.25, 0.3) is 0 Å². The summed E-state index contributed by atoms with van der Waals surface area (Å²) in [6.45, 7) is 0.628. The zero-order chi connectivity index (χ0) is 9.97. The van der Waals surface area contributed by atoms with Gasteiger partial charge in [-0.25, -0.2) is 4.98 Å². The van der Waals surface area contributed by atoms with Gasteiger partial charge in [0.15, 0.2) is 0 Å². The van der Waals surface area contributed by atoms with Crippen LogP contribution >= 0.6 is 22.9 Å². The minimum atomic E-state index is -0.0299. The van der Waals surface area contributed by atoms with Crippen molar-refractivity contribution in [2.45, 2.75) is 12.4 Å². The standard InChI is InChI=1S/C8H8ClN3OS/c9-1-6-2-12(5-10-6)3-7-4-14-8(13)11-7/h2,4-5H,1,3H2,(H,11,13). The Labute approximate surface area is 89.2 Å². The van der Waals surface area contributed by atoms with E-state index in [-0.39, 0.29) is 4.87 Å². The van der Waals surface area contributed by atoms with Crippen molar-refractivity contribution in [1.29, 1.82) is 0 Å². The second-order valence-electron chi connectivity index (χ2n) is 2.84. The van der Waals surface area contributed by atoms with E-state index in [2.05, 4.69) is 9.97 Å². The molecule has 0 spiro atoms. The molecule has 2 aromatic heterocycles. The van der Waals surface area contributed by atoms with E-state index < -0.39 is 0 Å². The third-order valence-corrected chi connectivity index (χ3v) is 2.74. The molecule has 0 unspecified atom stereocenters. The molecule has 0 aliphatic heterocycles. The zero-order valence-corrected chi connectivity index (χ0v) is 8.81. The smallest absolute Gasteiger partial charge is 0.304 e. The Balaban J connectivity index is 2.14. The maximum Gasteiger partial charge on any atom is 0.304 e. The molecule has 6 heteroatoms. The van der Waals surface area contributed by atoms with Crippen LogP contribution in [0.1, 0.15) is 11.4 Å². The molecule has 14 heavy (non-hydrogen) atoms. The lowest BCUT2D eigenvalue weighted by Crippen LogP contribution is -2.00. The number of nitrogens with zero attached hydrogens (tertiary/aromatic N) is 2. The van der Waals surface area contributed by atoms with Crippen molar-refractivity contribution >= 4 is 22.9 Å². The molecule has 74 valence electrons. The minimum absolute atomic E-state index is 0.0299. The van der Waals surface area contributed by atoms with Gasteiger partial charge in [-0.3, -0.25) is 4.79 Å². The normalized spacial score (nSPS) is 10.6. The number of hydrogen-bond donors (Lipinski definition) is 1. The first kappa shape index (κ1) is 9.48. The molecule has 0 aliphatic rings. The number of hydrogen-bond acceptors (Lipinski definition) is 3. The molecule has 0 saturated carbocycles. The van der Waals surface area contributed by atoms with E-state index in [4.69, 9.17) is 11.6 Å². The maximum absolute atomic E-state index is 10.9. The summed E-state index contributed by atoms with van der Waals surface area (Å²) in [5.74, 6) is 0.410. The molecule has 0 bridgehead atoms. The molecule has 0 aliphatic carbocycles. The third-order valence-electron chi connectivity index (χ3n) is 1.75.